The van der Waals surface area contributed by atoms with Crippen molar-refractivity contribution in [1.82, 2.24) is 15.2 Å². The third-order valence-corrected chi connectivity index (χ3v) is 6.06. The van der Waals surface area contributed by atoms with Gasteiger partial charge < -0.3 is 10.1 Å². The number of nitrogens with zero attached hydrogens (tertiary/aromatic N) is 2. The standard InChI is InChI=1S/C24H21N3O5S/c1-15(27-22(29)18-9-5-6-10-19(18)23(27)30)24(31)32-13-17-14-33-21(26-17)11-20(28)25-12-16-7-3-2-4-8-16/h2-10,14-15H,11-13H2,1H3,(H,25,28)/t15-/m0/s1. The fourth-order valence-electron chi connectivity index (χ4n) is 3.42. The zero-order chi connectivity index (χ0) is 23.4. The fourth-order valence-corrected chi connectivity index (χ4v) is 4.20. The highest BCUT2D eigenvalue weighted by atomic mass is 32.1. The van der Waals surface area contributed by atoms with Gasteiger partial charge in [0.15, 0.2) is 0 Å². The lowest BCUT2D eigenvalue weighted by Crippen LogP contribution is -2.43. The van der Waals surface area contributed by atoms with E-state index in [-0.39, 0.29) is 30.1 Å². The summed E-state index contributed by atoms with van der Waals surface area (Å²) in [4.78, 5) is 54.9. The lowest BCUT2D eigenvalue weighted by atomic mass is 10.1. The number of ether oxygens (including phenoxy) is 1. The van der Waals surface area contributed by atoms with Crippen molar-refractivity contribution in [2.75, 3.05) is 0 Å². The van der Waals surface area contributed by atoms with Crippen molar-refractivity contribution in [2.45, 2.75) is 32.5 Å². The van der Waals surface area contributed by atoms with E-state index < -0.39 is 23.8 Å². The minimum Gasteiger partial charge on any atom is -0.458 e. The van der Waals surface area contributed by atoms with Gasteiger partial charge in [0.25, 0.3) is 11.8 Å². The van der Waals surface area contributed by atoms with Gasteiger partial charge in [0.1, 0.15) is 17.7 Å². The second-order valence-electron chi connectivity index (χ2n) is 7.48. The zero-order valence-corrected chi connectivity index (χ0v) is 18.6. The first kappa shape index (κ1) is 22.3. The molecule has 4 rings (SSSR count). The molecule has 1 aliphatic heterocycles. The van der Waals surface area contributed by atoms with Crippen LogP contribution in [0.5, 0.6) is 0 Å². The molecule has 2 aromatic carbocycles. The zero-order valence-electron chi connectivity index (χ0n) is 17.8. The number of rotatable bonds is 8. The number of benzene rings is 2. The Morgan fingerprint density at radius 3 is 2.33 bits per heavy atom. The molecule has 3 aromatic rings. The molecule has 9 heteroatoms. The topological polar surface area (TPSA) is 106 Å². The SMILES string of the molecule is C[C@@H](C(=O)OCc1csc(CC(=O)NCc2ccccc2)n1)N1C(=O)c2ccccc2C1=O. The number of hydrogen-bond donors (Lipinski definition) is 1. The number of carbonyl (C=O) groups excluding carboxylic acids is 4. The maximum atomic E-state index is 12.5. The summed E-state index contributed by atoms with van der Waals surface area (Å²) in [5, 5.41) is 5.15. The van der Waals surface area contributed by atoms with Crippen LogP contribution in [0, 0.1) is 0 Å². The Kier molecular flexibility index (Phi) is 6.60. The summed E-state index contributed by atoms with van der Waals surface area (Å²) in [6, 6.07) is 15.0. The molecule has 33 heavy (non-hydrogen) atoms. The number of fused-ring (bicyclic) bond motifs is 1. The Hall–Kier alpha value is -3.85. The van der Waals surface area contributed by atoms with Crippen LogP contribution in [-0.4, -0.2) is 39.6 Å². The van der Waals surface area contributed by atoms with E-state index in [9.17, 15) is 19.2 Å². The van der Waals surface area contributed by atoms with Crippen LogP contribution < -0.4 is 5.32 Å². The van der Waals surface area contributed by atoms with Crippen molar-refractivity contribution in [3.8, 4) is 0 Å². The smallest absolute Gasteiger partial charge is 0.329 e. The summed E-state index contributed by atoms with van der Waals surface area (Å²) < 4.78 is 5.28. The Labute approximate surface area is 194 Å². The maximum Gasteiger partial charge on any atom is 0.329 e. The number of esters is 1. The Balaban J connectivity index is 1.27. The predicted octanol–water partition coefficient (Wildman–Crippen LogP) is 2.73. The number of amides is 3. The summed E-state index contributed by atoms with van der Waals surface area (Å²) in [5.41, 5.74) is 2.05. The Bertz CT molecular complexity index is 1170. The van der Waals surface area contributed by atoms with E-state index >= 15 is 0 Å². The predicted molar refractivity (Wildman–Crippen MR) is 120 cm³/mol. The summed E-state index contributed by atoms with van der Waals surface area (Å²) in [7, 11) is 0. The van der Waals surface area contributed by atoms with Gasteiger partial charge in [0.2, 0.25) is 5.91 Å². The van der Waals surface area contributed by atoms with Crippen LogP contribution in [0.2, 0.25) is 0 Å². The highest BCUT2D eigenvalue weighted by Gasteiger charge is 2.41. The first-order chi connectivity index (χ1) is 15.9. The van der Waals surface area contributed by atoms with E-state index in [1.807, 2.05) is 30.3 Å². The van der Waals surface area contributed by atoms with E-state index in [0.717, 1.165) is 10.5 Å². The van der Waals surface area contributed by atoms with Gasteiger partial charge in [-0.1, -0.05) is 42.5 Å². The average Bonchev–Trinajstić information content (AvgIpc) is 3.38. The van der Waals surface area contributed by atoms with Crippen LogP contribution in [0.4, 0.5) is 0 Å². The minimum absolute atomic E-state index is 0.117. The van der Waals surface area contributed by atoms with E-state index in [2.05, 4.69) is 10.3 Å². The van der Waals surface area contributed by atoms with Crippen molar-refractivity contribution in [1.29, 1.82) is 0 Å². The van der Waals surface area contributed by atoms with Gasteiger partial charge in [-0.2, -0.15) is 0 Å². The fraction of sp³-hybridized carbons (Fsp3) is 0.208. The van der Waals surface area contributed by atoms with E-state index in [1.54, 1.807) is 29.6 Å². The molecule has 0 saturated heterocycles. The van der Waals surface area contributed by atoms with Crippen LogP contribution in [0.3, 0.4) is 0 Å². The molecule has 1 aromatic heterocycles. The highest BCUT2D eigenvalue weighted by molar-refractivity contribution is 7.09. The minimum atomic E-state index is -1.07. The molecule has 2 heterocycles. The van der Waals surface area contributed by atoms with Crippen molar-refractivity contribution in [3.63, 3.8) is 0 Å². The number of hydrogen-bond acceptors (Lipinski definition) is 7. The van der Waals surface area contributed by atoms with Gasteiger partial charge in [-0.05, 0) is 24.6 Å². The second kappa shape index (κ2) is 9.74. The monoisotopic (exact) mass is 463 g/mol. The Morgan fingerprint density at radius 2 is 1.67 bits per heavy atom. The molecular formula is C24H21N3O5S. The molecule has 0 radical (unpaired) electrons. The quantitative estimate of drug-likeness (QED) is 0.407. The molecule has 1 aliphatic rings. The van der Waals surface area contributed by atoms with E-state index in [4.69, 9.17) is 4.74 Å². The largest absolute Gasteiger partial charge is 0.458 e. The summed E-state index contributed by atoms with van der Waals surface area (Å²) in [5.74, 6) is -1.90. The first-order valence-electron chi connectivity index (χ1n) is 10.3. The number of imide groups is 1. The van der Waals surface area contributed by atoms with Crippen LogP contribution in [-0.2, 0) is 33.9 Å². The lowest BCUT2D eigenvalue weighted by Gasteiger charge is -2.20. The third-order valence-electron chi connectivity index (χ3n) is 5.16. The summed E-state index contributed by atoms with van der Waals surface area (Å²) in [6.45, 7) is 1.77. The van der Waals surface area contributed by atoms with Gasteiger partial charge in [-0.15, -0.1) is 11.3 Å². The molecule has 0 fully saturated rings. The van der Waals surface area contributed by atoms with Crippen molar-refractivity contribution in [3.05, 3.63) is 87.4 Å². The second-order valence-corrected chi connectivity index (χ2v) is 8.42. The van der Waals surface area contributed by atoms with Gasteiger partial charge >= 0.3 is 5.97 Å². The summed E-state index contributed by atoms with van der Waals surface area (Å²) >= 11 is 1.30. The number of nitrogens with one attached hydrogen (secondary N) is 1. The molecule has 8 nitrogen and oxygen atoms in total. The molecule has 0 aliphatic carbocycles. The van der Waals surface area contributed by atoms with Crippen LogP contribution in [0.1, 0.15) is 43.9 Å². The number of carbonyl (C=O) groups is 4. The molecule has 0 unspecified atom stereocenters. The summed E-state index contributed by atoms with van der Waals surface area (Å²) in [6.07, 6.45) is 0.122. The van der Waals surface area contributed by atoms with Crippen molar-refractivity contribution in [2.24, 2.45) is 0 Å². The number of thiazole rings is 1. The van der Waals surface area contributed by atoms with Gasteiger partial charge in [0, 0.05) is 11.9 Å². The van der Waals surface area contributed by atoms with Gasteiger partial charge in [-0.25, -0.2) is 9.78 Å². The molecule has 1 atom stereocenters. The molecule has 1 N–H and O–H groups in total. The van der Waals surface area contributed by atoms with Crippen molar-refractivity contribution >= 4 is 35.0 Å². The molecule has 3 amide bonds. The molecule has 0 spiro atoms. The normalized spacial score (nSPS) is 13.5. The molecular weight excluding hydrogens is 442 g/mol. The van der Waals surface area contributed by atoms with E-state index in [0.29, 0.717) is 17.2 Å². The molecule has 168 valence electrons. The van der Waals surface area contributed by atoms with Crippen LogP contribution in [0.25, 0.3) is 0 Å². The number of aromatic nitrogens is 1. The highest BCUT2D eigenvalue weighted by Crippen LogP contribution is 2.25. The van der Waals surface area contributed by atoms with Crippen LogP contribution in [0.15, 0.2) is 60.0 Å². The molecule has 0 bridgehead atoms. The lowest BCUT2D eigenvalue weighted by molar-refractivity contribution is -0.149. The molecule has 0 saturated carbocycles. The first-order valence-corrected chi connectivity index (χ1v) is 11.2. The Morgan fingerprint density at radius 1 is 1.03 bits per heavy atom. The third kappa shape index (κ3) is 4.98. The van der Waals surface area contributed by atoms with E-state index in [1.165, 1.54) is 18.3 Å². The average molecular weight is 464 g/mol. The van der Waals surface area contributed by atoms with Gasteiger partial charge in [0.05, 0.1) is 23.2 Å². The van der Waals surface area contributed by atoms with Crippen LogP contribution >= 0.6 is 11.3 Å². The van der Waals surface area contributed by atoms with Gasteiger partial charge in [-0.3, -0.25) is 19.3 Å². The van der Waals surface area contributed by atoms with Crippen molar-refractivity contribution < 1.29 is 23.9 Å². The maximum absolute atomic E-state index is 12.5.